The lowest BCUT2D eigenvalue weighted by atomic mass is 9.84. The van der Waals surface area contributed by atoms with Gasteiger partial charge in [-0.1, -0.05) is 30.7 Å². The molecule has 0 radical (unpaired) electrons. The summed E-state index contributed by atoms with van der Waals surface area (Å²) in [5.74, 6) is -16.1. The number of benzene rings is 1. The SMILES string of the molecule is CC(=O)O[C@@H](C)C=CC(=O)N[C@@H]1C[C@H](C)[C@H](CC=C(C)C=C[C@H]2O[C@H](CC(=O)Oc3c(F)c(F)c(F)c(F)c3F)C[C@@](O)(CCl)[C@@H]2O)O[C@@H]1C. The van der Waals surface area contributed by atoms with Crippen LogP contribution in [0.15, 0.2) is 36.0 Å². The number of allylic oxidation sites excluding steroid dienone is 2. The highest BCUT2D eigenvalue weighted by molar-refractivity contribution is 6.18. The largest absolute Gasteiger partial charge is 0.459 e. The number of ether oxygens (including phenoxy) is 4. The Morgan fingerprint density at radius 3 is 2.26 bits per heavy atom. The zero-order valence-electron chi connectivity index (χ0n) is 28.1. The highest BCUT2D eigenvalue weighted by Gasteiger charge is 2.47. The third-order valence-electron chi connectivity index (χ3n) is 8.44. The van der Waals surface area contributed by atoms with Crippen LogP contribution < -0.4 is 10.1 Å². The quantitative estimate of drug-likeness (QED) is 0.0401. The number of aliphatic hydroxyl groups excluding tert-OH is 1. The molecule has 0 bridgehead atoms. The van der Waals surface area contributed by atoms with Crippen molar-refractivity contribution < 1.29 is 65.5 Å². The maximum absolute atomic E-state index is 14.0. The second-order valence-corrected chi connectivity index (χ2v) is 12.9. The molecule has 2 aliphatic rings. The first kappa shape index (κ1) is 41.1. The lowest BCUT2D eigenvalue weighted by Crippen LogP contribution is -2.58. The van der Waals surface area contributed by atoms with Crippen molar-refractivity contribution in [1.29, 1.82) is 0 Å². The van der Waals surface area contributed by atoms with Crippen LogP contribution in [0.5, 0.6) is 5.75 Å². The van der Waals surface area contributed by atoms with Gasteiger partial charge in [0.05, 0.1) is 36.7 Å². The van der Waals surface area contributed by atoms with Gasteiger partial charge in [-0.05, 0) is 45.6 Å². The van der Waals surface area contributed by atoms with Crippen molar-refractivity contribution in [2.45, 2.75) is 109 Å². The minimum atomic E-state index is -2.42. The summed E-state index contributed by atoms with van der Waals surface area (Å²) in [6, 6.07) is -0.251. The van der Waals surface area contributed by atoms with E-state index in [-0.39, 0.29) is 30.1 Å². The molecule has 278 valence electrons. The van der Waals surface area contributed by atoms with E-state index in [0.717, 1.165) is 0 Å². The number of amides is 1. The fraction of sp³-hybridized carbons (Fsp3) is 0.559. The van der Waals surface area contributed by atoms with Gasteiger partial charge in [0.2, 0.25) is 40.7 Å². The van der Waals surface area contributed by atoms with Crippen LogP contribution in [0.2, 0.25) is 0 Å². The van der Waals surface area contributed by atoms with Crippen LogP contribution in [0.4, 0.5) is 22.0 Å². The summed E-state index contributed by atoms with van der Waals surface area (Å²) in [7, 11) is 0. The van der Waals surface area contributed by atoms with Gasteiger partial charge in [-0.2, -0.15) is 8.78 Å². The summed E-state index contributed by atoms with van der Waals surface area (Å²) in [6.07, 6.45) is 2.58. The molecule has 2 heterocycles. The third kappa shape index (κ3) is 10.6. The molecule has 1 aromatic carbocycles. The summed E-state index contributed by atoms with van der Waals surface area (Å²) < 4.78 is 89.7. The van der Waals surface area contributed by atoms with E-state index in [2.05, 4.69) is 10.1 Å². The van der Waals surface area contributed by atoms with Crippen molar-refractivity contribution in [3.05, 3.63) is 65.0 Å². The number of alkyl halides is 1. The summed E-state index contributed by atoms with van der Waals surface area (Å²) in [6.45, 7) is 8.52. The first-order valence-corrected chi connectivity index (χ1v) is 16.4. The summed E-state index contributed by atoms with van der Waals surface area (Å²) in [5.41, 5.74) is -1.25. The van der Waals surface area contributed by atoms with Gasteiger partial charge in [0, 0.05) is 19.4 Å². The van der Waals surface area contributed by atoms with Crippen LogP contribution in [0.3, 0.4) is 0 Å². The Morgan fingerprint density at radius 2 is 1.66 bits per heavy atom. The van der Waals surface area contributed by atoms with Crippen molar-refractivity contribution in [3.63, 3.8) is 0 Å². The topological polar surface area (TPSA) is 141 Å². The van der Waals surface area contributed by atoms with Gasteiger partial charge in [-0.15, -0.1) is 11.6 Å². The fourth-order valence-corrected chi connectivity index (χ4v) is 5.94. The van der Waals surface area contributed by atoms with E-state index >= 15 is 0 Å². The molecule has 16 heteroatoms. The smallest absolute Gasteiger partial charge is 0.314 e. The lowest BCUT2D eigenvalue weighted by Gasteiger charge is -2.43. The Hall–Kier alpha value is -3.37. The Labute approximate surface area is 291 Å². The Morgan fingerprint density at radius 1 is 1.04 bits per heavy atom. The number of halogens is 6. The number of hydrogen-bond acceptors (Lipinski definition) is 9. The molecule has 0 spiro atoms. The highest BCUT2D eigenvalue weighted by Crippen LogP contribution is 2.34. The molecule has 1 amide bonds. The Kier molecular flexibility index (Phi) is 14.5. The first-order valence-electron chi connectivity index (χ1n) is 15.9. The molecule has 0 saturated carbocycles. The third-order valence-corrected chi connectivity index (χ3v) is 8.90. The normalized spacial score (nSPS) is 29.6. The molecular formula is C34H41ClF5NO9. The van der Waals surface area contributed by atoms with E-state index in [1.807, 2.05) is 19.9 Å². The Bertz CT molecular complexity index is 1480. The van der Waals surface area contributed by atoms with Gasteiger partial charge >= 0.3 is 11.9 Å². The van der Waals surface area contributed by atoms with E-state index in [9.17, 15) is 46.5 Å². The minimum Gasteiger partial charge on any atom is -0.459 e. The molecule has 2 aliphatic heterocycles. The van der Waals surface area contributed by atoms with E-state index < -0.39 is 95.5 Å². The standard InChI is InChI=1S/C34H41ClF5NO9/c1-16(6-9-23-17(2)12-22(19(4)48-23)41-25(43)11-8-18(3)47-20(5)42)7-10-24-33(45)34(46,15-35)14-21(49-24)13-26(44)50-32-30(39)28(37)27(36)29(38)31(32)40/h6-8,10-11,17-19,21-24,33,45-46H,9,12-15H2,1-5H3,(H,41,43)/t17-,18-,19+,21+,22+,23-,24+,33+,34+/m0/s1. The second-order valence-electron chi connectivity index (χ2n) is 12.6. The number of hydrogen-bond donors (Lipinski definition) is 3. The van der Waals surface area contributed by atoms with Crippen LogP contribution in [0.25, 0.3) is 0 Å². The van der Waals surface area contributed by atoms with Crippen molar-refractivity contribution in [3.8, 4) is 5.75 Å². The number of carbonyl (C=O) groups is 3. The fourth-order valence-electron chi connectivity index (χ4n) is 5.67. The van der Waals surface area contributed by atoms with E-state index in [1.54, 1.807) is 19.9 Å². The minimum absolute atomic E-state index is 0.0565. The predicted octanol–water partition coefficient (Wildman–Crippen LogP) is 4.86. The van der Waals surface area contributed by atoms with Gasteiger partial charge in [-0.25, -0.2) is 13.2 Å². The molecule has 1 aromatic rings. The van der Waals surface area contributed by atoms with Crippen LogP contribution >= 0.6 is 11.6 Å². The van der Waals surface area contributed by atoms with Crippen LogP contribution in [-0.4, -0.2) is 82.2 Å². The molecule has 3 rings (SSSR count). The van der Waals surface area contributed by atoms with Crippen LogP contribution in [0, 0.1) is 35.0 Å². The average Bonchev–Trinajstić information content (AvgIpc) is 3.05. The van der Waals surface area contributed by atoms with E-state index in [4.69, 9.17) is 25.8 Å². The van der Waals surface area contributed by atoms with Gasteiger partial charge < -0.3 is 34.5 Å². The number of esters is 2. The van der Waals surface area contributed by atoms with Crippen molar-refractivity contribution >= 4 is 29.4 Å². The number of carbonyl (C=O) groups excluding carboxylic acids is 3. The Balaban J connectivity index is 1.60. The molecule has 0 aromatic heterocycles. The monoisotopic (exact) mass is 737 g/mol. The van der Waals surface area contributed by atoms with Crippen molar-refractivity contribution in [1.82, 2.24) is 5.32 Å². The molecule has 0 aliphatic carbocycles. The van der Waals surface area contributed by atoms with Gasteiger partial charge in [0.25, 0.3) is 0 Å². The van der Waals surface area contributed by atoms with Gasteiger partial charge in [0.15, 0.2) is 0 Å². The molecule has 3 N–H and O–H groups in total. The average molecular weight is 738 g/mol. The number of aliphatic hydroxyl groups is 2. The molecular weight excluding hydrogens is 697 g/mol. The predicted molar refractivity (Wildman–Crippen MR) is 169 cm³/mol. The lowest BCUT2D eigenvalue weighted by molar-refractivity contribution is -0.196. The van der Waals surface area contributed by atoms with E-state index in [1.165, 1.54) is 25.2 Å². The summed E-state index contributed by atoms with van der Waals surface area (Å²) in [4.78, 5) is 35.9. The zero-order chi connectivity index (χ0) is 37.5. The first-order chi connectivity index (χ1) is 23.4. The molecule has 10 nitrogen and oxygen atoms in total. The molecule has 0 unspecified atom stereocenters. The number of rotatable bonds is 12. The van der Waals surface area contributed by atoms with Crippen LogP contribution in [-0.2, 0) is 28.6 Å². The molecule has 50 heavy (non-hydrogen) atoms. The molecule has 2 saturated heterocycles. The van der Waals surface area contributed by atoms with Crippen molar-refractivity contribution in [2.24, 2.45) is 5.92 Å². The summed E-state index contributed by atoms with van der Waals surface area (Å²) >= 11 is 5.92. The van der Waals surface area contributed by atoms with Gasteiger partial charge in [-0.3, -0.25) is 14.4 Å². The highest BCUT2D eigenvalue weighted by atomic mass is 35.5. The van der Waals surface area contributed by atoms with Gasteiger partial charge in [0.1, 0.15) is 23.9 Å². The molecule has 2 fully saturated rings. The molecule has 9 atom stereocenters. The van der Waals surface area contributed by atoms with E-state index in [0.29, 0.717) is 18.4 Å². The second kappa shape index (κ2) is 17.7. The summed E-state index contributed by atoms with van der Waals surface area (Å²) in [5, 5.41) is 24.7. The van der Waals surface area contributed by atoms with Crippen molar-refractivity contribution in [2.75, 3.05) is 5.88 Å². The van der Waals surface area contributed by atoms with Crippen LogP contribution in [0.1, 0.15) is 60.3 Å². The number of nitrogens with one attached hydrogen (secondary N) is 1. The maximum Gasteiger partial charge on any atom is 0.314 e. The maximum atomic E-state index is 14.0. The zero-order valence-corrected chi connectivity index (χ0v) is 28.8.